The minimum Gasteiger partial charge on any atom is -0.331 e. The zero-order chi connectivity index (χ0) is 10.2. The van der Waals surface area contributed by atoms with Gasteiger partial charge < -0.3 is 10.6 Å². The fourth-order valence-electron chi connectivity index (χ4n) is 1.41. The monoisotopic (exact) mass is 196 g/mol. The van der Waals surface area contributed by atoms with E-state index in [-0.39, 0.29) is 12.6 Å². The Bertz CT molecular complexity index is 216. The summed E-state index contributed by atoms with van der Waals surface area (Å²) in [6.07, 6.45) is -4.35. The van der Waals surface area contributed by atoms with E-state index in [1.54, 1.807) is 0 Å². The highest BCUT2D eigenvalue weighted by atomic mass is 19.4. The number of nitrogens with zero attached hydrogens (tertiary/aromatic N) is 1. The third-order valence-corrected chi connectivity index (χ3v) is 2.32. The SMILES string of the molecule is CC1C(N)CCN1C(=O)C(F)(F)F. The molecule has 0 spiro atoms. The first kappa shape index (κ1) is 10.3. The Morgan fingerprint density at radius 2 is 2.08 bits per heavy atom. The number of nitrogens with two attached hydrogens (primary N) is 1. The van der Waals surface area contributed by atoms with Crippen molar-refractivity contribution >= 4 is 5.91 Å². The Morgan fingerprint density at radius 1 is 1.54 bits per heavy atom. The molecule has 0 aromatic heterocycles. The van der Waals surface area contributed by atoms with Crippen molar-refractivity contribution in [3.8, 4) is 0 Å². The molecule has 1 fully saturated rings. The zero-order valence-corrected chi connectivity index (χ0v) is 7.14. The smallest absolute Gasteiger partial charge is 0.331 e. The van der Waals surface area contributed by atoms with Crippen LogP contribution in [-0.2, 0) is 4.79 Å². The van der Waals surface area contributed by atoms with Gasteiger partial charge in [0.25, 0.3) is 0 Å². The average molecular weight is 196 g/mol. The highest BCUT2D eigenvalue weighted by molar-refractivity contribution is 5.82. The lowest BCUT2D eigenvalue weighted by Gasteiger charge is -2.23. The van der Waals surface area contributed by atoms with Crippen LogP contribution in [0.15, 0.2) is 0 Å². The molecular formula is C7H11F3N2O. The van der Waals surface area contributed by atoms with Crippen LogP contribution in [0.3, 0.4) is 0 Å². The molecule has 13 heavy (non-hydrogen) atoms. The number of likely N-dealkylation sites (tertiary alicyclic amines) is 1. The maximum absolute atomic E-state index is 12.0. The van der Waals surface area contributed by atoms with Crippen LogP contribution >= 0.6 is 0 Å². The van der Waals surface area contributed by atoms with Crippen LogP contribution < -0.4 is 5.73 Å². The van der Waals surface area contributed by atoms with Gasteiger partial charge in [-0.15, -0.1) is 0 Å². The molecule has 1 saturated heterocycles. The minimum absolute atomic E-state index is 0.0979. The maximum atomic E-state index is 12.0. The van der Waals surface area contributed by atoms with Gasteiger partial charge in [-0.05, 0) is 13.3 Å². The summed E-state index contributed by atoms with van der Waals surface area (Å²) in [4.78, 5) is 11.6. The third-order valence-electron chi connectivity index (χ3n) is 2.32. The molecule has 2 N–H and O–H groups in total. The van der Waals surface area contributed by atoms with Gasteiger partial charge in [0.2, 0.25) is 0 Å². The molecule has 3 nitrogen and oxygen atoms in total. The van der Waals surface area contributed by atoms with E-state index in [0.29, 0.717) is 6.42 Å². The molecule has 2 atom stereocenters. The van der Waals surface area contributed by atoms with Gasteiger partial charge in [-0.25, -0.2) is 0 Å². The number of carbonyl (C=O) groups is 1. The summed E-state index contributed by atoms with van der Waals surface area (Å²) in [7, 11) is 0. The average Bonchev–Trinajstić information content (AvgIpc) is 2.30. The van der Waals surface area contributed by atoms with E-state index in [4.69, 9.17) is 5.73 Å². The van der Waals surface area contributed by atoms with Crippen LogP contribution in [0.5, 0.6) is 0 Å². The van der Waals surface area contributed by atoms with Gasteiger partial charge >= 0.3 is 12.1 Å². The molecule has 1 heterocycles. The van der Waals surface area contributed by atoms with Gasteiger partial charge in [0.1, 0.15) is 0 Å². The van der Waals surface area contributed by atoms with E-state index < -0.39 is 18.1 Å². The third kappa shape index (κ3) is 1.93. The van der Waals surface area contributed by atoms with E-state index in [1.807, 2.05) is 0 Å². The molecule has 2 unspecified atom stereocenters. The maximum Gasteiger partial charge on any atom is 0.471 e. The van der Waals surface area contributed by atoms with Crippen LogP contribution in [0.1, 0.15) is 13.3 Å². The van der Waals surface area contributed by atoms with Crippen LogP contribution in [0.2, 0.25) is 0 Å². The molecule has 1 aliphatic rings. The highest BCUT2D eigenvalue weighted by Gasteiger charge is 2.46. The molecule has 0 aromatic rings. The lowest BCUT2D eigenvalue weighted by atomic mass is 10.2. The number of hydrogen-bond donors (Lipinski definition) is 1. The molecule has 0 aliphatic carbocycles. The van der Waals surface area contributed by atoms with Crippen molar-refractivity contribution in [1.82, 2.24) is 4.90 Å². The van der Waals surface area contributed by atoms with Crippen LogP contribution in [0, 0.1) is 0 Å². The Balaban J connectivity index is 2.69. The molecule has 1 aliphatic heterocycles. The second-order valence-electron chi connectivity index (χ2n) is 3.19. The largest absolute Gasteiger partial charge is 0.471 e. The van der Waals surface area contributed by atoms with Crippen LogP contribution in [0.4, 0.5) is 13.2 Å². The van der Waals surface area contributed by atoms with Crippen molar-refractivity contribution in [2.24, 2.45) is 5.73 Å². The predicted octanol–water partition coefficient (Wildman–Crippen LogP) is 0.497. The van der Waals surface area contributed by atoms with Crippen molar-refractivity contribution in [3.63, 3.8) is 0 Å². The topological polar surface area (TPSA) is 46.3 Å². The van der Waals surface area contributed by atoms with Gasteiger partial charge in [-0.1, -0.05) is 0 Å². The van der Waals surface area contributed by atoms with Crippen molar-refractivity contribution in [2.45, 2.75) is 31.6 Å². The number of hydrogen-bond acceptors (Lipinski definition) is 2. The van der Waals surface area contributed by atoms with Crippen molar-refractivity contribution in [1.29, 1.82) is 0 Å². The molecule has 0 aromatic carbocycles. The second-order valence-corrected chi connectivity index (χ2v) is 3.19. The molecule has 0 saturated carbocycles. The van der Waals surface area contributed by atoms with E-state index >= 15 is 0 Å². The van der Waals surface area contributed by atoms with Crippen molar-refractivity contribution in [2.75, 3.05) is 6.54 Å². The first-order chi connectivity index (χ1) is 5.84. The fraction of sp³-hybridized carbons (Fsp3) is 0.857. The lowest BCUT2D eigenvalue weighted by molar-refractivity contribution is -0.186. The summed E-state index contributed by atoms with van der Waals surface area (Å²) in [6, 6.07) is -0.861. The minimum atomic E-state index is -4.78. The second kappa shape index (κ2) is 3.17. The Morgan fingerprint density at radius 3 is 2.38 bits per heavy atom. The van der Waals surface area contributed by atoms with Crippen LogP contribution in [0.25, 0.3) is 0 Å². The van der Waals surface area contributed by atoms with Crippen molar-refractivity contribution in [3.05, 3.63) is 0 Å². The number of halogens is 3. The number of alkyl halides is 3. The van der Waals surface area contributed by atoms with E-state index in [1.165, 1.54) is 6.92 Å². The summed E-state index contributed by atoms with van der Waals surface area (Å²) in [5.74, 6) is -1.78. The number of amides is 1. The van der Waals surface area contributed by atoms with Crippen LogP contribution in [-0.4, -0.2) is 35.6 Å². The molecular weight excluding hydrogens is 185 g/mol. The molecule has 0 bridgehead atoms. The first-order valence-corrected chi connectivity index (χ1v) is 3.97. The van der Waals surface area contributed by atoms with Gasteiger partial charge in [0, 0.05) is 18.6 Å². The van der Waals surface area contributed by atoms with Gasteiger partial charge in [0.05, 0.1) is 0 Å². The van der Waals surface area contributed by atoms with E-state index in [0.717, 1.165) is 4.90 Å². The Kier molecular flexibility index (Phi) is 2.51. The van der Waals surface area contributed by atoms with Gasteiger partial charge in [-0.2, -0.15) is 13.2 Å². The first-order valence-electron chi connectivity index (χ1n) is 3.97. The molecule has 6 heteroatoms. The molecule has 1 amide bonds. The van der Waals surface area contributed by atoms with Crippen molar-refractivity contribution < 1.29 is 18.0 Å². The summed E-state index contributed by atoms with van der Waals surface area (Å²) >= 11 is 0. The summed E-state index contributed by atoms with van der Waals surface area (Å²) in [6.45, 7) is 1.63. The molecule has 76 valence electrons. The lowest BCUT2D eigenvalue weighted by Crippen LogP contribution is -2.46. The zero-order valence-electron chi connectivity index (χ0n) is 7.14. The highest BCUT2D eigenvalue weighted by Crippen LogP contribution is 2.24. The van der Waals surface area contributed by atoms with Gasteiger partial charge in [0.15, 0.2) is 0 Å². The Labute approximate surface area is 73.7 Å². The standard InChI is InChI=1S/C7H11F3N2O/c1-4-5(11)2-3-12(4)6(13)7(8,9)10/h4-5H,2-3,11H2,1H3. The predicted molar refractivity (Wildman–Crippen MR) is 39.8 cm³/mol. The van der Waals surface area contributed by atoms with E-state index in [2.05, 4.69) is 0 Å². The quantitative estimate of drug-likeness (QED) is 0.613. The fourth-order valence-corrected chi connectivity index (χ4v) is 1.41. The van der Waals surface area contributed by atoms with Gasteiger partial charge in [-0.3, -0.25) is 4.79 Å². The number of carbonyl (C=O) groups excluding carboxylic acids is 1. The summed E-state index contributed by atoms with van der Waals surface area (Å²) < 4.78 is 35.9. The normalized spacial score (nSPS) is 29.5. The Hall–Kier alpha value is -0.780. The molecule has 1 rings (SSSR count). The number of rotatable bonds is 0. The van der Waals surface area contributed by atoms with E-state index in [9.17, 15) is 18.0 Å². The summed E-state index contributed by atoms with van der Waals surface area (Å²) in [5.41, 5.74) is 5.49. The summed E-state index contributed by atoms with van der Waals surface area (Å²) in [5, 5.41) is 0. The molecule has 0 radical (unpaired) electrons.